The minimum atomic E-state index is -0.0643. The molecule has 2 unspecified atom stereocenters. The first-order valence-corrected chi connectivity index (χ1v) is 6.34. The Morgan fingerprint density at radius 2 is 2.16 bits per heavy atom. The minimum Gasteiger partial charge on any atom is -0.339 e. The van der Waals surface area contributed by atoms with E-state index in [1.807, 2.05) is 31.2 Å². The van der Waals surface area contributed by atoms with E-state index in [4.69, 9.17) is 9.78 Å². The minimum absolute atomic E-state index is 0.0293. The Morgan fingerprint density at radius 3 is 2.79 bits per heavy atom. The lowest BCUT2D eigenvalue weighted by molar-refractivity contribution is 0.368. The largest absolute Gasteiger partial charge is 0.339 e. The first-order chi connectivity index (χ1) is 9.04. The summed E-state index contributed by atoms with van der Waals surface area (Å²) in [5.74, 6) is 1.20. The van der Waals surface area contributed by atoms with E-state index in [9.17, 15) is 0 Å². The highest BCUT2D eigenvalue weighted by Gasteiger charge is 2.62. The lowest BCUT2D eigenvalue weighted by atomic mass is 10.1. The lowest BCUT2D eigenvalue weighted by Crippen LogP contribution is -1.90. The van der Waals surface area contributed by atoms with Crippen molar-refractivity contribution in [1.29, 1.82) is 5.26 Å². The number of aryl methyl sites for hydroxylation is 1. The normalized spacial score (nSPS) is 23.9. The third-order valence-corrected chi connectivity index (χ3v) is 3.95. The third kappa shape index (κ3) is 1.82. The Bertz CT molecular complexity index is 666. The summed E-state index contributed by atoms with van der Waals surface area (Å²) in [5, 5.41) is 13.1. The molecule has 0 bridgehead atoms. The molecule has 2 aromatic rings. The molecule has 0 amide bonds. The molecule has 1 aromatic heterocycles. The van der Waals surface area contributed by atoms with Gasteiger partial charge in [-0.3, -0.25) is 0 Å². The van der Waals surface area contributed by atoms with Crippen molar-refractivity contribution in [1.82, 2.24) is 10.1 Å². The zero-order valence-corrected chi connectivity index (χ0v) is 11.2. The van der Waals surface area contributed by atoms with Crippen LogP contribution in [0.2, 0.25) is 0 Å². The molecule has 19 heavy (non-hydrogen) atoms. The van der Waals surface area contributed by atoms with Crippen LogP contribution in [0.4, 0.5) is 0 Å². The van der Waals surface area contributed by atoms with Crippen molar-refractivity contribution >= 4 is 0 Å². The van der Waals surface area contributed by atoms with Crippen molar-refractivity contribution in [3.05, 3.63) is 35.7 Å². The van der Waals surface area contributed by atoms with Crippen LogP contribution in [-0.4, -0.2) is 10.1 Å². The van der Waals surface area contributed by atoms with Gasteiger partial charge in [-0.05, 0) is 18.4 Å². The molecule has 0 spiro atoms. The van der Waals surface area contributed by atoms with Crippen molar-refractivity contribution in [3.63, 3.8) is 0 Å². The van der Waals surface area contributed by atoms with Crippen LogP contribution >= 0.6 is 0 Å². The molecule has 0 radical (unpaired) electrons. The van der Waals surface area contributed by atoms with Gasteiger partial charge in [0.15, 0.2) is 0 Å². The monoisotopic (exact) mass is 253 g/mol. The van der Waals surface area contributed by atoms with Gasteiger partial charge >= 0.3 is 0 Å². The maximum atomic E-state index is 9.09. The molecule has 0 N–H and O–H groups in total. The summed E-state index contributed by atoms with van der Waals surface area (Å²) in [6.07, 6.45) is 0. The predicted molar refractivity (Wildman–Crippen MR) is 70.1 cm³/mol. The molecule has 1 aliphatic carbocycles. The van der Waals surface area contributed by atoms with Gasteiger partial charge in [-0.25, -0.2) is 0 Å². The van der Waals surface area contributed by atoms with E-state index in [1.165, 1.54) is 0 Å². The summed E-state index contributed by atoms with van der Waals surface area (Å²) in [5.41, 5.74) is 2.04. The van der Waals surface area contributed by atoms with Crippen molar-refractivity contribution in [2.45, 2.75) is 26.7 Å². The summed E-state index contributed by atoms with van der Waals surface area (Å²) in [6.45, 7) is 6.14. The van der Waals surface area contributed by atoms with Gasteiger partial charge in [-0.1, -0.05) is 42.8 Å². The van der Waals surface area contributed by atoms with Crippen molar-refractivity contribution < 1.29 is 4.52 Å². The van der Waals surface area contributed by atoms with Crippen LogP contribution in [0.1, 0.15) is 31.2 Å². The van der Waals surface area contributed by atoms with Crippen molar-refractivity contribution in [2.24, 2.45) is 11.3 Å². The van der Waals surface area contributed by atoms with Gasteiger partial charge in [0, 0.05) is 5.56 Å². The molecule has 1 aromatic carbocycles. The number of nitriles is 1. The van der Waals surface area contributed by atoms with Crippen LogP contribution in [0.5, 0.6) is 0 Å². The number of hydrogen-bond acceptors (Lipinski definition) is 4. The molecule has 1 aliphatic rings. The Labute approximate surface area is 112 Å². The molecule has 3 rings (SSSR count). The smallest absolute Gasteiger partial charge is 0.232 e. The zero-order valence-electron chi connectivity index (χ0n) is 11.2. The Hall–Kier alpha value is -2.15. The summed E-state index contributed by atoms with van der Waals surface area (Å²) < 4.78 is 5.34. The highest BCUT2D eigenvalue weighted by Crippen LogP contribution is 2.63. The molecule has 4 nitrogen and oxygen atoms in total. The summed E-state index contributed by atoms with van der Waals surface area (Å²) in [7, 11) is 0. The van der Waals surface area contributed by atoms with Gasteiger partial charge in [0.2, 0.25) is 11.7 Å². The zero-order chi connectivity index (χ0) is 13.6. The molecule has 0 aliphatic heterocycles. The van der Waals surface area contributed by atoms with Crippen molar-refractivity contribution in [2.75, 3.05) is 0 Å². The van der Waals surface area contributed by atoms with Crippen LogP contribution in [0.3, 0.4) is 0 Å². The second kappa shape index (κ2) is 3.92. The molecule has 2 atom stereocenters. The van der Waals surface area contributed by atoms with E-state index < -0.39 is 0 Å². The molecule has 4 heteroatoms. The van der Waals surface area contributed by atoms with Gasteiger partial charge in [-0.2, -0.15) is 10.2 Å². The topological polar surface area (TPSA) is 62.7 Å². The fourth-order valence-electron chi connectivity index (χ4n) is 2.60. The summed E-state index contributed by atoms with van der Waals surface area (Å²) >= 11 is 0. The SMILES string of the molecule is Cc1cccc(-c2noc(C3C(C#N)C3(C)C)n2)c1. The molecule has 96 valence electrons. The van der Waals surface area contributed by atoms with Crippen LogP contribution in [0.15, 0.2) is 28.8 Å². The lowest BCUT2D eigenvalue weighted by Gasteiger charge is -1.96. The van der Waals surface area contributed by atoms with Crippen LogP contribution in [0, 0.1) is 29.6 Å². The van der Waals surface area contributed by atoms with E-state index in [-0.39, 0.29) is 17.3 Å². The molecule has 1 fully saturated rings. The number of aromatic nitrogens is 2. The van der Waals surface area contributed by atoms with Gasteiger partial charge in [0.25, 0.3) is 0 Å². The summed E-state index contributed by atoms with van der Waals surface area (Å²) in [4.78, 5) is 4.45. The molecule has 1 heterocycles. The predicted octanol–water partition coefficient (Wildman–Crippen LogP) is 3.31. The van der Waals surface area contributed by atoms with Gasteiger partial charge in [0.1, 0.15) is 0 Å². The van der Waals surface area contributed by atoms with E-state index in [0.717, 1.165) is 11.1 Å². The maximum absolute atomic E-state index is 9.09. The van der Waals surface area contributed by atoms with E-state index in [0.29, 0.717) is 11.7 Å². The fraction of sp³-hybridized carbons (Fsp3) is 0.400. The molecular weight excluding hydrogens is 238 g/mol. The number of rotatable bonds is 2. The van der Waals surface area contributed by atoms with E-state index >= 15 is 0 Å². The van der Waals surface area contributed by atoms with Crippen LogP contribution < -0.4 is 0 Å². The highest BCUT2D eigenvalue weighted by molar-refractivity contribution is 5.55. The second-order valence-electron chi connectivity index (χ2n) is 5.73. The first-order valence-electron chi connectivity index (χ1n) is 6.34. The standard InChI is InChI=1S/C15H15N3O/c1-9-5-4-6-10(7-9)13-17-14(19-18-13)12-11(8-16)15(12,2)3/h4-7,11-12H,1-3H3. The van der Waals surface area contributed by atoms with Crippen LogP contribution in [-0.2, 0) is 0 Å². The van der Waals surface area contributed by atoms with Gasteiger partial charge in [-0.15, -0.1) is 0 Å². The van der Waals surface area contributed by atoms with E-state index in [1.54, 1.807) is 0 Å². The molecule has 0 saturated heterocycles. The van der Waals surface area contributed by atoms with Crippen LogP contribution in [0.25, 0.3) is 11.4 Å². The van der Waals surface area contributed by atoms with Gasteiger partial charge in [0.05, 0.1) is 17.9 Å². The fourth-order valence-corrected chi connectivity index (χ4v) is 2.60. The Balaban J connectivity index is 1.92. The Morgan fingerprint density at radius 1 is 1.37 bits per heavy atom. The highest BCUT2D eigenvalue weighted by atomic mass is 16.5. The third-order valence-electron chi connectivity index (χ3n) is 3.95. The molecule has 1 saturated carbocycles. The average molecular weight is 253 g/mol. The Kier molecular flexibility index (Phi) is 2.46. The number of nitrogens with zero attached hydrogens (tertiary/aromatic N) is 3. The number of benzene rings is 1. The average Bonchev–Trinajstić information content (AvgIpc) is 2.76. The summed E-state index contributed by atoms with van der Waals surface area (Å²) in [6, 6.07) is 10.3. The maximum Gasteiger partial charge on any atom is 0.232 e. The van der Waals surface area contributed by atoms with Gasteiger partial charge < -0.3 is 4.52 Å². The first kappa shape index (κ1) is 11.9. The van der Waals surface area contributed by atoms with E-state index in [2.05, 4.69) is 30.1 Å². The van der Waals surface area contributed by atoms with Crippen molar-refractivity contribution in [3.8, 4) is 17.5 Å². The number of hydrogen-bond donors (Lipinski definition) is 0. The quantitative estimate of drug-likeness (QED) is 0.823. The molecular formula is C15H15N3O. The second-order valence-corrected chi connectivity index (χ2v) is 5.73.